The minimum absolute atomic E-state index is 0.0185. The molecule has 0 radical (unpaired) electrons. The number of nitrogens with one attached hydrogen (secondary N) is 3. The molecule has 2 fully saturated rings. The van der Waals surface area contributed by atoms with Crippen molar-refractivity contribution < 1.29 is 32.3 Å². The summed E-state index contributed by atoms with van der Waals surface area (Å²) in [5.41, 5.74) is 0.0297. The van der Waals surface area contributed by atoms with Gasteiger partial charge in [0.05, 0.1) is 0 Å². The average Bonchev–Trinajstić information content (AvgIpc) is 3.41. The van der Waals surface area contributed by atoms with Gasteiger partial charge < -0.3 is 20.7 Å². The van der Waals surface area contributed by atoms with Crippen molar-refractivity contribution in [3.05, 3.63) is 46.9 Å². The van der Waals surface area contributed by atoms with Crippen molar-refractivity contribution >= 4 is 11.8 Å². The Morgan fingerprint density at radius 1 is 1.25 bits per heavy atom. The van der Waals surface area contributed by atoms with Crippen LogP contribution < -0.4 is 10.6 Å². The molecule has 4 N–H and O–H groups in total. The molecule has 0 unspecified atom stereocenters. The smallest absolute Gasteiger partial charge is 0.389 e. The quantitative estimate of drug-likeness (QED) is 0.507. The van der Waals surface area contributed by atoms with Crippen LogP contribution in [0.25, 0.3) is 11.3 Å². The number of carbonyl (C=O) groups is 2. The molecule has 1 aromatic heterocycles. The molecule has 2 atom stereocenters. The molecule has 4 rings (SSSR count). The van der Waals surface area contributed by atoms with Crippen LogP contribution in [0.15, 0.2) is 24.3 Å². The van der Waals surface area contributed by atoms with Crippen molar-refractivity contribution in [2.45, 2.75) is 56.3 Å². The first-order valence-corrected chi connectivity index (χ1v) is 10.3. The number of aliphatic hydroxyl groups excluding tert-OH is 1. The van der Waals surface area contributed by atoms with Crippen LogP contribution in [0, 0.1) is 12.7 Å². The minimum atomic E-state index is -4.41. The largest absolute Gasteiger partial charge is 0.399 e. The first-order valence-electron chi connectivity index (χ1n) is 10.3. The van der Waals surface area contributed by atoms with Crippen molar-refractivity contribution in [2.75, 3.05) is 6.54 Å². The Labute approximate surface area is 181 Å². The molecular weight excluding hydrogens is 430 g/mol. The van der Waals surface area contributed by atoms with Gasteiger partial charge >= 0.3 is 6.18 Å². The van der Waals surface area contributed by atoms with Gasteiger partial charge in [-0.05, 0) is 67.1 Å². The molecule has 1 aliphatic carbocycles. The Morgan fingerprint density at radius 2 is 1.91 bits per heavy atom. The summed E-state index contributed by atoms with van der Waals surface area (Å²) in [6.45, 7) is 1.63. The molecule has 6 nitrogen and oxygen atoms in total. The molecule has 10 heteroatoms. The lowest BCUT2D eigenvalue weighted by atomic mass is 9.94. The number of rotatable bonds is 6. The standard InChI is InChI=1S/C22H23F4N3O3/c1-11-14(6-7-16(31)28-18-15(30)10-27-20(18)32)17(12-2-4-13(23)5-3-12)29-19(11)21(8-9-21)22(24,25)26/h2-5,15,18,29-30H,6-10H2,1H3,(H,27,32)(H,28,31)/t15-,18+/m1/s1. The van der Waals surface area contributed by atoms with E-state index in [1.165, 1.54) is 24.3 Å². The first kappa shape index (κ1) is 22.3. The van der Waals surface area contributed by atoms with Gasteiger partial charge in [0.25, 0.3) is 0 Å². The Balaban J connectivity index is 1.62. The molecule has 32 heavy (non-hydrogen) atoms. The number of hydrogen-bond acceptors (Lipinski definition) is 3. The van der Waals surface area contributed by atoms with E-state index in [2.05, 4.69) is 15.6 Å². The van der Waals surface area contributed by atoms with E-state index in [-0.39, 0.29) is 37.9 Å². The number of H-pyrrole nitrogens is 1. The normalized spacial score (nSPS) is 22.0. The van der Waals surface area contributed by atoms with E-state index in [9.17, 15) is 32.3 Å². The van der Waals surface area contributed by atoms with Crippen LogP contribution in [0.3, 0.4) is 0 Å². The van der Waals surface area contributed by atoms with Gasteiger partial charge in [-0.15, -0.1) is 0 Å². The minimum Gasteiger partial charge on any atom is -0.389 e. The maximum Gasteiger partial charge on any atom is 0.399 e. The molecule has 0 bridgehead atoms. The van der Waals surface area contributed by atoms with Crippen molar-refractivity contribution in [3.63, 3.8) is 0 Å². The van der Waals surface area contributed by atoms with E-state index in [4.69, 9.17) is 0 Å². The SMILES string of the molecule is Cc1c(C2(C(F)(F)F)CC2)[nH]c(-c2ccc(F)cc2)c1CCC(=O)N[C@@H]1C(=O)NC[C@H]1O. The third-order valence-corrected chi connectivity index (χ3v) is 6.35. The van der Waals surface area contributed by atoms with Gasteiger partial charge in [-0.3, -0.25) is 9.59 Å². The topological polar surface area (TPSA) is 94.2 Å². The Hall–Kier alpha value is -2.88. The fourth-order valence-electron chi connectivity index (χ4n) is 4.34. The van der Waals surface area contributed by atoms with Gasteiger partial charge in [-0.2, -0.15) is 13.2 Å². The van der Waals surface area contributed by atoms with Gasteiger partial charge in [-0.1, -0.05) is 0 Å². The van der Waals surface area contributed by atoms with Crippen molar-refractivity contribution in [2.24, 2.45) is 0 Å². The van der Waals surface area contributed by atoms with E-state index < -0.39 is 41.4 Å². The molecule has 0 spiro atoms. The monoisotopic (exact) mass is 453 g/mol. The summed E-state index contributed by atoms with van der Waals surface area (Å²) in [4.78, 5) is 27.0. The fraction of sp³-hybridized carbons (Fsp3) is 0.455. The van der Waals surface area contributed by atoms with E-state index in [0.717, 1.165) is 0 Å². The van der Waals surface area contributed by atoms with E-state index in [0.29, 0.717) is 22.4 Å². The predicted molar refractivity (Wildman–Crippen MR) is 107 cm³/mol. The molecule has 1 aromatic carbocycles. The van der Waals surface area contributed by atoms with Crippen molar-refractivity contribution in [3.8, 4) is 11.3 Å². The molecule has 172 valence electrons. The number of carbonyl (C=O) groups excluding carboxylic acids is 2. The number of aromatic amines is 1. The number of aromatic nitrogens is 1. The molecule has 2 aliphatic rings. The summed E-state index contributed by atoms with van der Waals surface area (Å²) >= 11 is 0. The summed E-state index contributed by atoms with van der Waals surface area (Å²) < 4.78 is 54.7. The number of halogens is 4. The third-order valence-electron chi connectivity index (χ3n) is 6.35. The molecule has 1 aliphatic heterocycles. The van der Waals surface area contributed by atoms with Gasteiger partial charge in [0, 0.05) is 24.4 Å². The number of hydrogen-bond donors (Lipinski definition) is 4. The predicted octanol–water partition coefficient (Wildman–Crippen LogP) is 2.63. The first-order chi connectivity index (χ1) is 15.0. The lowest BCUT2D eigenvalue weighted by molar-refractivity contribution is -0.161. The zero-order valence-electron chi connectivity index (χ0n) is 17.3. The maximum atomic E-state index is 13.8. The molecule has 1 saturated heterocycles. The highest BCUT2D eigenvalue weighted by Crippen LogP contribution is 2.60. The van der Waals surface area contributed by atoms with Gasteiger partial charge in [-0.25, -0.2) is 4.39 Å². The lowest BCUT2D eigenvalue weighted by Gasteiger charge is -2.19. The number of β-amino-alcohol motifs (C(OH)–C–C–N with tert-alkyl or cyclic N) is 1. The van der Waals surface area contributed by atoms with Crippen LogP contribution in [0.1, 0.15) is 36.1 Å². The Bertz CT molecular complexity index is 1040. The highest BCUT2D eigenvalue weighted by molar-refractivity contribution is 5.90. The molecule has 2 amide bonds. The highest BCUT2D eigenvalue weighted by atomic mass is 19.4. The zero-order valence-corrected chi connectivity index (χ0v) is 17.3. The Morgan fingerprint density at radius 3 is 2.44 bits per heavy atom. The second-order valence-electron chi connectivity index (χ2n) is 8.42. The van der Waals surface area contributed by atoms with Crippen LogP contribution >= 0.6 is 0 Å². The van der Waals surface area contributed by atoms with Crippen LogP contribution in [0.2, 0.25) is 0 Å². The number of benzene rings is 1. The van der Waals surface area contributed by atoms with Crippen LogP contribution in [-0.2, 0) is 21.4 Å². The van der Waals surface area contributed by atoms with Crippen molar-refractivity contribution in [1.29, 1.82) is 0 Å². The highest BCUT2D eigenvalue weighted by Gasteiger charge is 2.65. The van der Waals surface area contributed by atoms with E-state index >= 15 is 0 Å². The summed E-state index contributed by atoms with van der Waals surface area (Å²) in [6.07, 6.45) is -5.47. The third kappa shape index (κ3) is 3.87. The van der Waals surface area contributed by atoms with Gasteiger partial charge in [0.15, 0.2) is 0 Å². The Kier molecular flexibility index (Phi) is 5.52. The number of amides is 2. The molecule has 1 saturated carbocycles. The lowest BCUT2D eigenvalue weighted by Crippen LogP contribution is -2.45. The zero-order chi connectivity index (χ0) is 23.3. The summed E-state index contributed by atoms with van der Waals surface area (Å²) in [5.74, 6) is -1.46. The number of alkyl halides is 3. The molecule has 2 aromatic rings. The maximum absolute atomic E-state index is 13.8. The van der Waals surface area contributed by atoms with Crippen LogP contribution in [0.4, 0.5) is 17.6 Å². The summed E-state index contributed by atoms with van der Waals surface area (Å²) in [5, 5.41) is 14.7. The fourth-order valence-corrected chi connectivity index (χ4v) is 4.34. The van der Waals surface area contributed by atoms with E-state index in [1.54, 1.807) is 6.92 Å². The van der Waals surface area contributed by atoms with Crippen molar-refractivity contribution in [1.82, 2.24) is 15.6 Å². The second kappa shape index (κ2) is 7.91. The second-order valence-corrected chi connectivity index (χ2v) is 8.42. The van der Waals surface area contributed by atoms with Gasteiger partial charge in [0.1, 0.15) is 23.4 Å². The van der Waals surface area contributed by atoms with Gasteiger partial charge in [0.2, 0.25) is 11.8 Å². The molecular formula is C22H23F4N3O3. The average molecular weight is 453 g/mol. The summed E-state index contributed by atoms with van der Waals surface area (Å²) in [6, 6.07) is 4.33. The van der Waals surface area contributed by atoms with Crippen LogP contribution in [-0.4, -0.2) is 46.8 Å². The summed E-state index contributed by atoms with van der Waals surface area (Å²) in [7, 11) is 0. The van der Waals surface area contributed by atoms with Crippen LogP contribution in [0.5, 0.6) is 0 Å². The number of aliphatic hydroxyl groups is 1. The van der Waals surface area contributed by atoms with E-state index in [1.807, 2.05) is 0 Å². The molecule has 2 heterocycles.